The average Bonchev–Trinajstić information content (AvgIpc) is 2.17. The Morgan fingerprint density at radius 2 is 1.62 bits per heavy atom. The lowest BCUT2D eigenvalue weighted by molar-refractivity contribution is -0.0624. The van der Waals surface area contributed by atoms with Crippen molar-refractivity contribution in [3.8, 4) is 0 Å². The molecule has 2 aliphatic carbocycles. The molecule has 0 aromatic carbocycles. The van der Waals surface area contributed by atoms with E-state index in [9.17, 15) is 5.11 Å². The van der Waals surface area contributed by atoms with Crippen LogP contribution in [0.5, 0.6) is 0 Å². The van der Waals surface area contributed by atoms with Crippen molar-refractivity contribution < 1.29 is 5.11 Å². The molecular weight excluding hydrogens is 160 g/mol. The first kappa shape index (κ1) is 9.51. The van der Waals surface area contributed by atoms with Crippen LogP contribution >= 0.6 is 0 Å². The van der Waals surface area contributed by atoms with Crippen LogP contribution in [-0.2, 0) is 0 Å². The first-order valence-electron chi connectivity index (χ1n) is 5.94. The highest BCUT2D eigenvalue weighted by Gasteiger charge is 2.45. The van der Waals surface area contributed by atoms with Gasteiger partial charge in [0.05, 0.1) is 6.10 Å². The zero-order valence-corrected chi connectivity index (χ0v) is 8.76. The standard InChI is InChI=1S/C12H22O/c1-10(13)12-8-4-2-6-11(12)7-3-5-9-12/h10-11,13H,2-9H2,1H3. The quantitative estimate of drug-likeness (QED) is 0.660. The molecule has 0 spiro atoms. The second-order valence-corrected chi connectivity index (χ2v) is 5.10. The van der Waals surface area contributed by atoms with Crippen LogP contribution in [0.4, 0.5) is 0 Å². The molecule has 1 heteroatoms. The van der Waals surface area contributed by atoms with Crippen molar-refractivity contribution in [1.82, 2.24) is 0 Å². The molecule has 2 rings (SSSR count). The van der Waals surface area contributed by atoms with Gasteiger partial charge in [0.15, 0.2) is 0 Å². The van der Waals surface area contributed by atoms with Gasteiger partial charge < -0.3 is 5.11 Å². The maximum atomic E-state index is 9.96. The summed E-state index contributed by atoms with van der Waals surface area (Å²) >= 11 is 0. The predicted molar refractivity (Wildman–Crippen MR) is 54.5 cm³/mol. The summed E-state index contributed by atoms with van der Waals surface area (Å²) in [5, 5.41) is 9.96. The Hall–Kier alpha value is -0.0400. The fourth-order valence-corrected chi connectivity index (χ4v) is 3.70. The number of rotatable bonds is 1. The van der Waals surface area contributed by atoms with Gasteiger partial charge in [-0.2, -0.15) is 0 Å². The van der Waals surface area contributed by atoms with Crippen molar-refractivity contribution >= 4 is 0 Å². The maximum absolute atomic E-state index is 9.96. The number of aliphatic hydroxyl groups excluding tert-OH is 1. The third kappa shape index (κ3) is 1.52. The zero-order chi connectivity index (χ0) is 9.31. The van der Waals surface area contributed by atoms with Crippen molar-refractivity contribution in [2.45, 2.75) is 64.4 Å². The highest BCUT2D eigenvalue weighted by molar-refractivity contribution is 4.95. The maximum Gasteiger partial charge on any atom is 0.0570 e. The molecule has 1 atom stereocenters. The summed E-state index contributed by atoms with van der Waals surface area (Å²) < 4.78 is 0. The van der Waals surface area contributed by atoms with E-state index in [0.29, 0.717) is 5.41 Å². The van der Waals surface area contributed by atoms with E-state index in [1.807, 2.05) is 6.92 Å². The van der Waals surface area contributed by atoms with Crippen molar-refractivity contribution in [3.63, 3.8) is 0 Å². The molecule has 13 heavy (non-hydrogen) atoms. The van der Waals surface area contributed by atoms with Crippen molar-refractivity contribution in [1.29, 1.82) is 0 Å². The van der Waals surface area contributed by atoms with E-state index in [2.05, 4.69) is 0 Å². The molecule has 0 aromatic heterocycles. The molecule has 0 bridgehead atoms. The number of hydrogen-bond acceptors (Lipinski definition) is 1. The molecule has 2 fully saturated rings. The second-order valence-electron chi connectivity index (χ2n) is 5.10. The lowest BCUT2D eigenvalue weighted by atomic mass is 9.57. The van der Waals surface area contributed by atoms with Crippen molar-refractivity contribution in [2.75, 3.05) is 0 Å². The van der Waals surface area contributed by atoms with Gasteiger partial charge in [0.2, 0.25) is 0 Å². The van der Waals surface area contributed by atoms with E-state index in [4.69, 9.17) is 0 Å². The minimum atomic E-state index is -0.0712. The molecule has 2 saturated carbocycles. The van der Waals surface area contributed by atoms with Gasteiger partial charge in [-0.15, -0.1) is 0 Å². The first-order chi connectivity index (χ1) is 6.26. The first-order valence-corrected chi connectivity index (χ1v) is 5.94. The monoisotopic (exact) mass is 182 g/mol. The van der Waals surface area contributed by atoms with Gasteiger partial charge in [0, 0.05) is 0 Å². The third-order valence-electron chi connectivity index (χ3n) is 4.53. The summed E-state index contributed by atoms with van der Waals surface area (Å²) in [6.45, 7) is 2.02. The molecule has 1 nitrogen and oxygen atoms in total. The predicted octanol–water partition coefficient (Wildman–Crippen LogP) is 3.12. The van der Waals surface area contributed by atoms with Crippen LogP contribution in [-0.4, -0.2) is 11.2 Å². The van der Waals surface area contributed by atoms with Crippen LogP contribution in [0.1, 0.15) is 58.3 Å². The molecule has 1 unspecified atom stereocenters. The van der Waals surface area contributed by atoms with E-state index >= 15 is 0 Å². The minimum absolute atomic E-state index is 0.0712. The van der Waals surface area contributed by atoms with E-state index in [-0.39, 0.29) is 6.10 Å². The van der Waals surface area contributed by atoms with Crippen LogP contribution in [0.2, 0.25) is 0 Å². The molecule has 0 saturated heterocycles. The number of hydrogen-bond donors (Lipinski definition) is 1. The van der Waals surface area contributed by atoms with E-state index in [1.165, 1.54) is 51.4 Å². The highest BCUT2D eigenvalue weighted by Crippen LogP contribution is 2.52. The Morgan fingerprint density at radius 3 is 2.00 bits per heavy atom. The largest absolute Gasteiger partial charge is 0.393 e. The number of fused-ring (bicyclic) bond motifs is 1. The Balaban J connectivity index is 2.16. The van der Waals surface area contributed by atoms with Crippen LogP contribution in [0, 0.1) is 11.3 Å². The smallest absolute Gasteiger partial charge is 0.0570 e. The van der Waals surface area contributed by atoms with E-state index in [0.717, 1.165) is 5.92 Å². The topological polar surface area (TPSA) is 20.2 Å². The van der Waals surface area contributed by atoms with Crippen molar-refractivity contribution in [3.05, 3.63) is 0 Å². The molecule has 0 amide bonds. The van der Waals surface area contributed by atoms with Gasteiger partial charge >= 0.3 is 0 Å². The summed E-state index contributed by atoms with van der Waals surface area (Å²) in [6, 6.07) is 0. The average molecular weight is 182 g/mol. The van der Waals surface area contributed by atoms with Gasteiger partial charge in [-0.25, -0.2) is 0 Å². The van der Waals surface area contributed by atoms with E-state index < -0.39 is 0 Å². The Bertz CT molecular complexity index is 162. The summed E-state index contributed by atoms with van der Waals surface area (Å²) in [7, 11) is 0. The highest BCUT2D eigenvalue weighted by atomic mass is 16.3. The Morgan fingerprint density at radius 1 is 1.08 bits per heavy atom. The van der Waals surface area contributed by atoms with Crippen molar-refractivity contribution in [2.24, 2.45) is 11.3 Å². The molecule has 2 aliphatic rings. The lowest BCUT2D eigenvalue weighted by Gasteiger charge is -2.49. The van der Waals surface area contributed by atoms with Crippen LogP contribution < -0.4 is 0 Å². The summed E-state index contributed by atoms with van der Waals surface area (Å²) in [5.74, 6) is 0.843. The van der Waals surface area contributed by atoms with Gasteiger partial charge in [-0.05, 0) is 43.9 Å². The molecule has 0 aliphatic heterocycles. The molecule has 1 N–H and O–H groups in total. The molecule has 0 radical (unpaired) electrons. The summed E-state index contributed by atoms with van der Waals surface area (Å²) in [4.78, 5) is 0. The van der Waals surface area contributed by atoms with Gasteiger partial charge in [-0.3, -0.25) is 0 Å². The lowest BCUT2D eigenvalue weighted by Crippen LogP contribution is -2.44. The second kappa shape index (κ2) is 3.61. The minimum Gasteiger partial charge on any atom is -0.393 e. The normalized spacial score (nSPS) is 42.5. The Kier molecular flexibility index (Phi) is 2.64. The summed E-state index contributed by atoms with van der Waals surface area (Å²) in [6.07, 6.45) is 10.8. The SMILES string of the molecule is CC(O)C12CCCCC1CCCC2. The molecule has 76 valence electrons. The summed E-state index contributed by atoms with van der Waals surface area (Å²) in [5.41, 5.74) is 0.330. The van der Waals surface area contributed by atoms with Gasteiger partial charge in [0.25, 0.3) is 0 Å². The van der Waals surface area contributed by atoms with Crippen LogP contribution in [0.25, 0.3) is 0 Å². The van der Waals surface area contributed by atoms with Gasteiger partial charge in [0.1, 0.15) is 0 Å². The fourth-order valence-electron chi connectivity index (χ4n) is 3.70. The Labute approximate surface area is 81.5 Å². The molecule has 0 heterocycles. The molecule has 0 aromatic rings. The molecular formula is C12H22O. The zero-order valence-electron chi connectivity index (χ0n) is 8.76. The third-order valence-corrected chi connectivity index (χ3v) is 4.53. The van der Waals surface area contributed by atoms with E-state index in [1.54, 1.807) is 0 Å². The van der Waals surface area contributed by atoms with Crippen LogP contribution in [0.15, 0.2) is 0 Å². The van der Waals surface area contributed by atoms with Crippen LogP contribution in [0.3, 0.4) is 0 Å². The fraction of sp³-hybridized carbons (Fsp3) is 1.00. The van der Waals surface area contributed by atoms with Gasteiger partial charge in [-0.1, -0.05) is 25.7 Å². The number of aliphatic hydroxyl groups is 1.